The van der Waals surface area contributed by atoms with E-state index in [1.54, 1.807) is 22.7 Å². The fourth-order valence-electron chi connectivity index (χ4n) is 11.1. The van der Waals surface area contributed by atoms with Gasteiger partial charge >= 0.3 is 0 Å². The molecule has 0 radical (unpaired) electrons. The van der Waals surface area contributed by atoms with E-state index in [0.29, 0.717) is 17.5 Å². The van der Waals surface area contributed by atoms with Gasteiger partial charge in [0.1, 0.15) is 22.3 Å². The Morgan fingerprint density at radius 3 is 1.45 bits per heavy atom. The van der Waals surface area contributed by atoms with Crippen LogP contribution < -0.4 is 0 Å². The highest BCUT2D eigenvalue weighted by Crippen LogP contribution is 2.45. The molecule has 0 spiro atoms. The Labute approximate surface area is 411 Å². The second kappa shape index (κ2) is 14.8. The number of fused-ring (bicyclic) bond motifs is 15. The standard InChI is InChI=1S/C63H34N4O2S2/c1-5-18-47-39(12-1)40-13-2-6-19-48(40)67(47)49-20-11-23-53-60(49)59-38(16-9-22-52(59)69-53)35-28-31-50-46(32-35)58-45(17-10-21-51(58)68-50)63-65-61(36-26-29-43-41-14-3-7-24-54(41)70-56(43)33-36)64-62(66-63)37-27-30-44-42-15-4-8-25-55(42)71-57(44)34-37/h1-34H. The van der Waals surface area contributed by atoms with Crippen molar-refractivity contribution in [1.29, 1.82) is 0 Å². The normalized spacial score (nSPS) is 12.2. The minimum atomic E-state index is 0.579. The van der Waals surface area contributed by atoms with Crippen LogP contribution in [0.25, 0.3) is 157 Å². The van der Waals surface area contributed by atoms with Gasteiger partial charge in [0.05, 0.1) is 22.1 Å². The van der Waals surface area contributed by atoms with Crippen LogP contribution in [0.3, 0.4) is 0 Å². The molecule has 8 heteroatoms. The van der Waals surface area contributed by atoms with Crippen LogP contribution in [0.4, 0.5) is 0 Å². The lowest BCUT2D eigenvalue weighted by Crippen LogP contribution is -2.00. The van der Waals surface area contributed by atoms with Gasteiger partial charge in [0.25, 0.3) is 0 Å². The highest BCUT2D eigenvalue weighted by molar-refractivity contribution is 7.26. The Hall–Kier alpha value is -8.95. The quantitative estimate of drug-likeness (QED) is 0.172. The van der Waals surface area contributed by atoms with Crippen LogP contribution in [0, 0.1) is 0 Å². The first-order valence-corrected chi connectivity index (χ1v) is 25.3. The van der Waals surface area contributed by atoms with E-state index in [1.165, 1.54) is 51.1 Å². The maximum Gasteiger partial charge on any atom is 0.164 e. The van der Waals surface area contributed by atoms with Gasteiger partial charge in [0.2, 0.25) is 0 Å². The van der Waals surface area contributed by atoms with Crippen molar-refractivity contribution in [2.24, 2.45) is 0 Å². The van der Waals surface area contributed by atoms with Crippen LogP contribution in [-0.4, -0.2) is 19.5 Å². The molecule has 16 rings (SSSR count). The Balaban J connectivity index is 0.907. The average Bonchev–Trinajstić information content (AvgIpc) is 4.25. The first-order chi connectivity index (χ1) is 35.2. The maximum absolute atomic E-state index is 6.72. The number of thiophene rings is 2. The van der Waals surface area contributed by atoms with Gasteiger partial charge < -0.3 is 13.4 Å². The fraction of sp³-hybridized carbons (Fsp3) is 0. The van der Waals surface area contributed by atoms with Crippen molar-refractivity contribution in [2.75, 3.05) is 0 Å². The molecule has 0 aliphatic heterocycles. The van der Waals surface area contributed by atoms with Gasteiger partial charge in [-0.05, 0) is 83.9 Å². The topological polar surface area (TPSA) is 69.9 Å². The largest absolute Gasteiger partial charge is 0.456 e. The Morgan fingerprint density at radius 2 is 0.803 bits per heavy atom. The molecule has 16 aromatic rings. The highest BCUT2D eigenvalue weighted by atomic mass is 32.1. The Bertz CT molecular complexity index is 4730. The lowest BCUT2D eigenvalue weighted by Gasteiger charge is -2.11. The number of para-hydroxylation sites is 2. The lowest BCUT2D eigenvalue weighted by molar-refractivity contribution is 0.668. The summed E-state index contributed by atoms with van der Waals surface area (Å²) in [5.74, 6) is 1.81. The number of furan rings is 2. The van der Waals surface area contributed by atoms with Crippen LogP contribution in [0.1, 0.15) is 0 Å². The summed E-state index contributed by atoms with van der Waals surface area (Å²) >= 11 is 3.58. The molecule has 0 atom stereocenters. The van der Waals surface area contributed by atoms with Crippen LogP contribution in [0.15, 0.2) is 215 Å². The van der Waals surface area contributed by atoms with Crippen LogP contribution in [-0.2, 0) is 0 Å². The molecule has 0 amide bonds. The van der Waals surface area contributed by atoms with Crippen LogP contribution >= 0.6 is 22.7 Å². The number of hydrogen-bond donors (Lipinski definition) is 0. The summed E-state index contributed by atoms with van der Waals surface area (Å²) in [6, 6.07) is 73.1. The van der Waals surface area contributed by atoms with Gasteiger partial charge in [0, 0.05) is 84.0 Å². The molecule has 0 aliphatic rings. The molecule has 6 heterocycles. The van der Waals surface area contributed by atoms with Crippen molar-refractivity contribution in [2.45, 2.75) is 0 Å². The Morgan fingerprint density at radius 1 is 0.310 bits per heavy atom. The summed E-state index contributed by atoms with van der Waals surface area (Å²) in [5.41, 5.74) is 11.4. The van der Waals surface area contributed by atoms with Gasteiger partial charge in [-0.1, -0.05) is 133 Å². The van der Waals surface area contributed by atoms with E-state index < -0.39 is 0 Å². The highest BCUT2D eigenvalue weighted by Gasteiger charge is 2.23. The molecule has 0 saturated carbocycles. The van der Waals surface area contributed by atoms with Gasteiger partial charge in [-0.15, -0.1) is 22.7 Å². The molecule has 10 aromatic carbocycles. The zero-order valence-corrected chi connectivity index (χ0v) is 39.2. The summed E-state index contributed by atoms with van der Waals surface area (Å²) in [6.07, 6.45) is 0. The summed E-state index contributed by atoms with van der Waals surface area (Å²) in [4.78, 5) is 16.0. The minimum absolute atomic E-state index is 0.579. The molecule has 6 nitrogen and oxygen atoms in total. The summed E-state index contributed by atoms with van der Waals surface area (Å²) in [7, 11) is 0. The predicted molar refractivity (Wildman–Crippen MR) is 296 cm³/mol. The van der Waals surface area contributed by atoms with Crippen molar-refractivity contribution in [3.63, 3.8) is 0 Å². The predicted octanol–water partition coefficient (Wildman–Crippen LogP) is 18.2. The number of benzene rings is 10. The molecule has 0 fully saturated rings. The van der Waals surface area contributed by atoms with Gasteiger partial charge in [-0.2, -0.15) is 0 Å². The molecule has 6 aromatic heterocycles. The fourth-order valence-corrected chi connectivity index (χ4v) is 13.4. The van der Waals surface area contributed by atoms with E-state index in [1.807, 2.05) is 12.1 Å². The third kappa shape index (κ3) is 5.77. The third-order valence-electron chi connectivity index (χ3n) is 14.3. The molecule has 330 valence electrons. The molecule has 0 unspecified atom stereocenters. The monoisotopic (exact) mass is 942 g/mol. The molecule has 0 saturated heterocycles. The smallest absolute Gasteiger partial charge is 0.164 e. The van der Waals surface area contributed by atoms with Crippen LogP contribution in [0.5, 0.6) is 0 Å². The van der Waals surface area contributed by atoms with Crippen molar-refractivity contribution in [1.82, 2.24) is 19.5 Å². The zero-order valence-electron chi connectivity index (χ0n) is 37.6. The van der Waals surface area contributed by atoms with E-state index in [9.17, 15) is 0 Å². The minimum Gasteiger partial charge on any atom is -0.456 e. The van der Waals surface area contributed by atoms with Crippen molar-refractivity contribution in [3.8, 4) is 51.0 Å². The first-order valence-electron chi connectivity index (χ1n) is 23.7. The van der Waals surface area contributed by atoms with E-state index in [-0.39, 0.29) is 0 Å². The van der Waals surface area contributed by atoms with Gasteiger partial charge in [0.15, 0.2) is 17.5 Å². The van der Waals surface area contributed by atoms with Gasteiger partial charge in [-0.25, -0.2) is 15.0 Å². The Kier molecular flexibility index (Phi) is 8.11. The molecular weight excluding hydrogens is 909 g/mol. The molecule has 0 bridgehead atoms. The van der Waals surface area contributed by atoms with Crippen molar-refractivity contribution < 1.29 is 8.83 Å². The van der Waals surface area contributed by atoms with Crippen molar-refractivity contribution >= 4 is 129 Å². The molecule has 0 N–H and O–H groups in total. The average molecular weight is 943 g/mol. The van der Waals surface area contributed by atoms with Crippen LogP contribution in [0.2, 0.25) is 0 Å². The molecule has 0 aliphatic carbocycles. The first kappa shape index (κ1) is 39.0. The number of rotatable bonds is 5. The lowest BCUT2D eigenvalue weighted by atomic mass is 9.96. The third-order valence-corrected chi connectivity index (χ3v) is 16.5. The van der Waals surface area contributed by atoms with Gasteiger partial charge in [-0.3, -0.25) is 0 Å². The van der Waals surface area contributed by atoms with E-state index in [0.717, 1.165) is 88.4 Å². The number of nitrogens with zero attached hydrogens (tertiary/aromatic N) is 4. The summed E-state index contributed by atoms with van der Waals surface area (Å²) < 4.78 is 20.7. The summed E-state index contributed by atoms with van der Waals surface area (Å²) in [5, 5.41) is 11.4. The summed E-state index contributed by atoms with van der Waals surface area (Å²) in [6.45, 7) is 0. The second-order valence-corrected chi connectivity index (χ2v) is 20.4. The molecular formula is C63H34N4O2S2. The van der Waals surface area contributed by atoms with E-state index >= 15 is 0 Å². The maximum atomic E-state index is 6.72. The SMILES string of the molecule is c1cc(-c2nc(-c3ccc4c(c3)sc3ccccc34)nc(-c3ccc4c(c3)sc3ccccc34)n2)c2c(c1)oc1ccc(-c3cccc4oc5cccc(-n6c7ccccc7c7ccccc76)c5c34)cc12. The zero-order chi connectivity index (χ0) is 46.3. The number of hydrogen-bond acceptors (Lipinski definition) is 7. The van der Waals surface area contributed by atoms with Crippen molar-refractivity contribution in [3.05, 3.63) is 206 Å². The number of aromatic nitrogens is 4. The van der Waals surface area contributed by atoms with E-state index in [4.69, 9.17) is 23.8 Å². The second-order valence-electron chi connectivity index (χ2n) is 18.2. The molecule has 71 heavy (non-hydrogen) atoms. The van der Waals surface area contributed by atoms with E-state index in [2.05, 4.69) is 199 Å².